The van der Waals surface area contributed by atoms with Crippen LogP contribution in [0.4, 0.5) is 0 Å². The standard InChI is InChI=1S/C9H16N4O/c1-3-14-7(2)9(13-10)8-4-11-6-12-5-8/h4-7,9,13H,3,10H2,1-2H3. The van der Waals surface area contributed by atoms with Crippen molar-refractivity contribution in [3.8, 4) is 0 Å². The number of rotatable bonds is 5. The lowest BCUT2D eigenvalue weighted by Gasteiger charge is -2.22. The smallest absolute Gasteiger partial charge is 0.115 e. The first-order valence-electron chi connectivity index (χ1n) is 4.62. The molecular weight excluding hydrogens is 180 g/mol. The average Bonchev–Trinajstić information content (AvgIpc) is 2.21. The van der Waals surface area contributed by atoms with E-state index in [2.05, 4.69) is 15.4 Å². The Bertz CT molecular complexity index is 254. The molecular formula is C9H16N4O. The zero-order chi connectivity index (χ0) is 10.4. The molecule has 1 rings (SSSR count). The van der Waals surface area contributed by atoms with Crippen LogP contribution in [-0.2, 0) is 4.74 Å². The van der Waals surface area contributed by atoms with Gasteiger partial charge in [-0.2, -0.15) is 0 Å². The molecule has 0 saturated heterocycles. The van der Waals surface area contributed by atoms with Crippen LogP contribution in [0.15, 0.2) is 18.7 Å². The van der Waals surface area contributed by atoms with Gasteiger partial charge in [0.2, 0.25) is 0 Å². The lowest BCUT2D eigenvalue weighted by Crippen LogP contribution is -2.36. The van der Waals surface area contributed by atoms with Gasteiger partial charge in [-0.05, 0) is 13.8 Å². The van der Waals surface area contributed by atoms with Gasteiger partial charge in [0.15, 0.2) is 0 Å². The van der Waals surface area contributed by atoms with Gasteiger partial charge < -0.3 is 4.74 Å². The summed E-state index contributed by atoms with van der Waals surface area (Å²) in [5, 5.41) is 0. The number of ether oxygens (including phenoxy) is 1. The Morgan fingerprint density at radius 1 is 1.50 bits per heavy atom. The fraction of sp³-hybridized carbons (Fsp3) is 0.556. The molecule has 3 N–H and O–H groups in total. The summed E-state index contributed by atoms with van der Waals surface area (Å²) in [5.74, 6) is 5.45. The van der Waals surface area contributed by atoms with Gasteiger partial charge in [0.25, 0.3) is 0 Å². The van der Waals surface area contributed by atoms with Gasteiger partial charge in [-0.3, -0.25) is 11.3 Å². The van der Waals surface area contributed by atoms with E-state index in [4.69, 9.17) is 10.6 Å². The number of hydrogen-bond acceptors (Lipinski definition) is 5. The summed E-state index contributed by atoms with van der Waals surface area (Å²) in [7, 11) is 0. The van der Waals surface area contributed by atoms with Crippen molar-refractivity contribution in [2.45, 2.75) is 26.0 Å². The molecule has 0 fully saturated rings. The molecule has 0 saturated carbocycles. The van der Waals surface area contributed by atoms with E-state index in [0.29, 0.717) is 6.61 Å². The molecule has 1 aromatic heterocycles. The largest absolute Gasteiger partial charge is 0.377 e. The SMILES string of the molecule is CCOC(C)C(NN)c1cncnc1. The highest BCUT2D eigenvalue weighted by Gasteiger charge is 2.18. The van der Waals surface area contributed by atoms with E-state index in [0.717, 1.165) is 5.56 Å². The summed E-state index contributed by atoms with van der Waals surface area (Å²) in [6.45, 7) is 4.57. The summed E-state index contributed by atoms with van der Waals surface area (Å²) in [5.41, 5.74) is 3.62. The topological polar surface area (TPSA) is 73.1 Å². The second-order valence-electron chi connectivity index (χ2n) is 2.98. The fourth-order valence-corrected chi connectivity index (χ4v) is 1.33. The van der Waals surface area contributed by atoms with Gasteiger partial charge in [-0.15, -0.1) is 0 Å². The molecule has 1 heterocycles. The van der Waals surface area contributed by atoms with Crippen LogP contribution in [0.2, 0.25) is 0 Å². The maximum absolute atomic E-state index is 5.45. The minimum atomic E-state index is -0.0730. The van der Waals surface area contributed by atoms with Crippen LogP contribution >= 0.6 is 0 Å². The highest BCUT2D eigenvalue weighted by Crippen LogP contribution is 2.15. The molecule has 78 valence electrons. The van der Waals surface area contributed by atoms with Crippen LogP contribution in [0.1, 0.15) is 25.5 Å². The predicted octanol–water partition coefficient (Wildman–Crippen LogP) is 0.406. The maximum Gasteiger partial charge on any atom is 0.115 e. The van der Waals surface area contributed by atoms with E-state index in [1.807, 2.05) is 13.8 Å². The number of nitrogens with zero attached hydrogens (tertiary/aromatic N) is 2. The number of aromatic nitrogens is 2. The first-order valence-corrected chi connectivity index (χ1v) is 4.62. The van der Waals surface area contributed by atoms with E-state index in [1.165, 1.54) is 6.33 Å². The van der Waals surface area contributed by atoms with Gasteiger partial charge >= 0.3 is 0 Å². The van der Waals surface area contributed by atoms with Crippen LogP contribution in [0.3, 0.4) is 0 Å². The second-order valence-corrected chi connectivity index (χ2v) is 2.98. The first kappa shape index (κ1) is 11.0. The average molecular weight is 196 g/mol. The first-order chi connectivity index (χ1) is 6.79. The summed E-state index contributed by atoms with van der Waals surface area (Å²) < 4.78 is 5.45. The van der Waals surface area contributed by atoms with Gasteiger partial charge in [0.05, 0.1) is 12.1 Å². The molecule has 0 aliphatic rings. The molecule has 0 radical (unpaired) electrons. The number of nitrogens with two attached hydrogens (primary N) is 1. The molecule has 0 aliphatic carbocycles. The van der Waals surface area contributed by atoms with Gasteiger partial charge in [-0.1, -0.05) is 0 Å². The van der Waals surface area contributed by atoms with Crippen molar-refractivity contribution < 1.29 is 4.74 Å². The van der Waals surface area contributed by atoms with Crippen LogP contribution < -0.4 is 11.3 Å². The van der Waals surface area contributed by atoms with Gasteiger partial charge in [0, 0.05) is 24.6 Å². The van der Waals surface area contributed by atoms with Gasteiger partial charge in [-0.25, -0.2) is 9.97 Å². The Hall–Kier alpha value is -1.04. The van der Waals surface area contributed by atoms with Crippen molar-refractivity contribution in [2.24, 2.45) is 5.84 Å². The maximum atomic E-state index is 5.45. The van der Waals surface area contributed by atoms with Crippen LogP contribution in [-0.4, -0.2) is 22.7 Å². The number of hydrazine groups is 1. The van der Waals surface area contributed by atoms with Gasteiger partial charge in [0.1, 0.15) is 6.33 Å². The van der Waals surface area contributed by atoms with Crippen LogP contribution in [0.5, 0.6) is 0 Å². The molecule has 0 amide bonds. The lowest BCUT2D eigenvalue weighted by molar-refractivity contribution is 0.0471. The summed E-state index contributed by atoms with van der Waals surface area (Å²) in [6, 6.07) is -0.0730. The van der Waals surface area contributed by atoms with E-state index in [1.54, 1.807) is 12.4 Å². The Morgan fingerprint density at radius 3 is 2.64 bits per heavy atom. The normalized spacial score (nSPS) is 15.1. The zero-order valence-corrected chi connectivity index (χ0v) is 8.47. The van der Waals surface area contributed by atoms with Crippen LogP contribution in [0.25, 0.3) is 0 Å². The quantitative estimate of drug-likeness (QED) is 0.527. The Balaban J connectivity index is 2.71. The van der Waals surface area contributed by atoms with E-state index >= 15 is 0 Å². The minimum Gasteiger partial charge on any atom is -0.377 e. The Labute approximate surface area is 83.7 Å². The molecule has 1 aromatic rings. The fourth-order valence-electron chi connectivity index (χ4n) is 1.33. The highest BCUT2D eigenvalue weighted by atomic mass is 16.5. The minimum absolute atomic E-state index is 0.00370. The van der Waals surface area contributed by atoms with E-state index < -0.39 is 0 Å². The molecule has 0 bridgehead atoms. The molecule has 0 spiro atoms. The van der Waals surface area contributed by atoms with Crippen molar-refractivity contribution in [1.82, 2.24) is 15.4 Å². The molecule has 5 heteroatoms. The third-order valence-electron chi connectivity index (χ3n) is 2.02. The van der Waals surface area contributed by atoms with Crippen molar-refractivity contribution in [3.63, 3.8) is 0 Å². The second kappa shape index (κ2) is 5.64. The third-order valence-corrected chi connectivity index (χ3v) is 2.02. The third kappa shape index (κ3) is 2.73. The van der Waals surface area contributed by atoms with E-state index in [-0.39, 0.29) is 12.1 Å². The summed E-state index contributed by atoms with van der Waals surface area (Å²) in [4.78, 5) is 7.87. The molecule has 0 aliphatic heterocycles. The number of hydrogen-bond donors (Lipinski definition) is 2. The Kier molecular flexibility index (Phi) is 4.45. The van der Waals surface area contributed by atoms with E-state index in [9.17, 15) is 0 Å². The summed E-state index contributed by atoms with van der Waals surface area (Å²) in [6.07, 6.45) is 4.94. The molecule has 14 heavy (non-hydrogen) atoms. The van der Waals surface area contributed by atoms with Crippen LogP contribution in [0, 0.1) is 0 Å². The lowest BCUT2D eigenvalue weighted by atomic mass is 10.1. The molecule has 2 unspecified atom stereocenters. The highest BCUT2D eigenvalue weighted by molar-refractivity contribution is 5.10. The van der Waals surface area contributed by atoms with Crippen molar-refractivity contribution in [2.75, 3.05) is 6.61 Å². The molecule has 2 atom stereocenters. The van der Waals surface area contributed by atoms with Crippen molar-refractivity contribution >= 4 is 0 Å². The molecule has 5 nitrogen and oxygen atoms in total. The van der Waals surface area contributed by atoms with Crippen molar-refractivity contribution in [3.05, 3.63) is 24.3 Å². The Morgan fingerprint density at radius 2 is 2.14 bits per heavy atom. The predicted molar refractivity (Wildman–Crippen MR) is 53.2 cm³/mol. The number of nitrogens with one attached hydrogen (secondary N) is 1. The zero-order valence-electron chi connectivity index (χ0n) is 8.47. The molecule has 0 aromatic carbocycles. The van der Waals surface area contributed by atoms with Crippen molar-refractivity contribution in [1.29, 1.82) is 0 Å². The summed E-state index contributed by atoms with van der Waals surface area (Å²) >= 11 is 0. The monoisotopic (exact) mass is 196 g/mol.